The molecule has 0 aromatic heterocycles. The molecule has 0 radical (unpaired) electrons. The number of carbonyl (C=O) groups excluding carboxylic acids is 1. The van der Waals surface area contributed by atoms with Crippen LogP contribution < -0.4 is 10.6 Å². The van der Waals surface area contributed by atoms with Crippen LogP contribution in [0.3, 0.4) is 0 Å². The van der Waals surface area contributed by atoms with E-state index in [0.29, 0.717) is 24.9 Å². The molecule has 1 saturated heterocycles. The molecule has 0 bridgehead atoms. The first-order chi connectivity index (χ1) is 9.36. The van der Waals surface area contributed by atoms with Gasteiger partial charge < -0.3 is 10.6 Å². The molecule has 1 aromatic carbocycles. The molecule has 0 aliphatic carbocycles. The summed E-state index contributed by atoms with van der Waals surface area (Å²) in [7, 11) is 0. The number of amides is 1. The van der Waals surface area contributed by atoms with Crippen molar-refractivity contribution >= 4 is 18.3 Å². The molecule has 2 atom stereocenters. The largest absolute Gasteiger partial charge is 0.471 e. The van der Waals surface area contributed by atoms with E-state index in [1.54, 1.807) is 12.1 Å². The number of rotatable bonds is 2. The van der Waals surface area contributed by atoms with E-state index < -0.39 is 23.9 Å². The summed E-state index contributed by atoms with van der Waals surface area (Å²) in [5, 5.41) is 5.08. The molecule has 3 nitrogen and oxygen atoms in total. The van der Waals surface area contributed by atoms with Crippen LogP contribution in [0.15, 0.2) is 24.3 Å². The Kier molecular flexibility index (Phi) is 5.98. The summed E-state index contributed by atoms with van der Waals surface area (Å²) in [6.07, 6.45) is -4.17. The van der Waals surface area contributed by atoms with Gasteiger partial charge in [0, 0.05) is 12.1 Å². The van der Waals surface area contributed by atoms with Crippen molar-refractivity contribution in [3.05, 3.63) is 35.6 Å². The first-order valence-corrected chi connectivity index (χ1v) is 6.23. The summed E-state index contributed by atoms with van der Waals surface area (Å²) < 4.78 is 49.7. The van der Waals surface area contributed by atoms with E-state index in [2.05, 4.69) is 5.32 Å². The minimum absolute atomic E-state index is 0. The number of carbonyl (C=O) groups is 1. The maximum atomic E-state index is 13.1. The van der Waals surface area contributed by atoms with Crippen molar-refractivity contribution in [2.75, 3.05) is 6.54 Å². The van der Waals surface area contributed by atoms with Crippen molar-refractivity contribution in [3.63, 3.8) is 0 Å². The number of nitrogens with one attached hydrogen (secondary N) is 2. The van der Waals surface area contributed by atoms with Gasteiger partial charge in [-0.05, 0) is 37.1 Å². The summed E-state index contributed by atoms with van der Waals surface area (Å²) in [4.78, 5) is 10.9. The van der Waals surface area contributed by atoms with E-state index in [1.807, 2.05) is 5.32 Å². The highest BCUT2D eigenvalue weighted by atomic mass is 35.5. The van der Waals surface area contributed by atoms with Gasteiger partial charge in [0.1, 0.15) is 5.82 Å². The Morgan fingerprint density at radius 3 is 2.67 bits per heavy atom. The van der Waals surface area contributed by atoms with Crippen LogP contribution >= 0.6 is 12.4 Å². The summed E-state index contributed by atoms with van der Waals surface area (Å²) >= 11 is 0. The van der Waals surface area contributed by atoms with Gasteiger partial charge in [-0.2, -0.15) is 13.2 Å². The topological polar surface area (TPSA) is 41.1 Å². The van der Waals surface area contributed by atoms with E-state index in [4.69, 9.17) is 0 Å². The van der Waals surface area contributed by atoms with Crippen LogP contribution in [0.1, 0.15) is 24.4 Å². The molecule has 21 heavy (non-hydrogen) atoms. The molecule has 1 aliphatic rings. The number of piperidine rings is 1. The van der Waals surface area contributed by atoms with Crippen LogP contribution in [-0.4, -0.2) is 24.7 Å². The lowest BCUT2D eigenvalue weighted by Gasteiger charge is -2.31. The molecular weight excluding hydrogens is 312 g/mol. The van der Waals surface area contributed by atoms with E-state index in [-0.39, 0.29) is 18.4 Å². The zero-order valence-corrected chi connectivity index (χ0v) is 11.7. The van der Waals surface area contributed by atoms with Crippen molar-refractivity contribution in [1.29, 1.82) is 0 Å². The predicted molar refractivity (Wildman–Crippen MR) is 71.6 cm³/mol. The Bertz CT molecular complexity index is 495. The van der Waals surface area contributed by atoms with E-state index in [0.717, 1.165) is 0 Å². The molecule has 1 amide bonds. The van der Waals surface area contributed by atoms with Crippen LogP contribution in [0, 0.1) is 5.82 Å². The summed E-state index contributed by atoms with van der Waals surface area (Å²) in [5.41, 5.74) is 0.663. The van der Waals surface area contributed by atoms with Gasteiger partial charge >= 0.3 is 12.1 Å². The first kappa shape index (κ1) is 17.7. The smallest absolute Gasteiger partial charge is 0.345 e. The fourth-order valence-corrected chi connectivity index (χ4v) is 2.29. The zero-order chi connectivity index (χ0) is 14.8. The molecule has 2 N–H and O–H groups in total. The highest BCUT2D eigenvalue weighted by Gasteiger charge is 2.40. The number of alkyl halides is 3. The average molecular weight is 327 g/mol. The minimum Gasteiger partial charge on any atom is -0.345 e. The van der Waals surface area contributed by atoms with Crippen molar-refractivity contribution in [1.82, 2.24) is 10.6 Å². The second kappa shape index (κ2) is 7.09. The van der Waals surface area contributed by atoms with Crippen LogP contribution in [-0.2, 0) is 4.79 Å². The van der Waals surface area contributed by atoms with Crippen molar-refractivity contribution < 1.29 is 22.4 Å². The summed E-state index contributed by atoms with van der Waals surface area (Å²) in [6.45, 7) is 0.462. The molecule has 118 valence electrons. The molecule has 1 fully saturated rings. The van der Waals surface area contributed by atoms with Crippen molar-refractivity contribution in [3.8, 4) is 0 Å². The van der Waals surface area contributed by atoms with Crippen molar-refractivity contribution in [2.24, 2.45) is 0 Å². The van der Waals surface area contributed by atoms with Crippen LogP contribution in [0.4, 0.5) is 17.6 Å². The maximum Gasteiger partial charge on any atom is 0.471 e. The molecule has 1 heterocycles. The lowest BCUT2D eigenvalue weighted by molar-refractivity contribution is -0.174. The Hall–Kier alpha value is -1.34. The Labute approximate surface area is 125 Å². The summed E-state index contributed by atoms with van der Waals surface area (Å²) in [5.74, 6) is -2.33. The van der Waals surface area contributed by atoms with Gasteiger partial charge in [0.2, 0.25) is 0 Å². The Balaban J connectivity index is 0.00000220. The maximum absolute atomic E-state index is 13.1. The number of benzene rings is 1. The highest BCUT2D eigenvalue weighted by Crippen LogP contribution is 2.25. The number of hydrogen-bond acceptors (Lipinski definition) is 2. The van der Waals surface area contributed by atoms with Gasteiger partial charge in [-0.25, -0.2) is 4.39 Å². The monoisotopic (exact) mass is 326 g/mol. The predicted octanol–water partition coefficient (Wildman–Crippen LogP) is 2.72. The third-order valence-corrected chi connectivity index (χ3v) is 3.25. The molecular formula is C13H15ClF4N2O. The van der Waals surface area contributed by atoms with Crippen LogP contribution in [0.5, 0.6) is 0 Å². The van der Waals surface area contributed by atoms with E-state index in [9.17, 15) is 22.4 Å². The molecule has 0 saturated carbocycles. The minimum atomic E-state index is -4.88. The Morgan fingerprint density at radius 1 is 1.33 bits per heavy atom. The fourth-order valence-electron chi connectivity index (χ4n) is 2.29. The van der Waals surface area contributed by atoms with Gasteiger partial charge in [0.05, 0.1) is 0 Å². The molecule has 2 rings (SSSR count). The lowest BCUT2D eigenvalue weighted by atomic mass is 9.93. The van der Waals surface area contributed by atoms with Gasteiger partial charge in [0.15, 0.2) is 0 Å². The zero-order valence-electron chi connectivity index (χ0n) is 10.9. The average Bonchev–Trinajstić information content (AvgIpc) is 2.38. The first-order valence-electron chi connectivity index (χ1n) is 6.23. The lowest BCUT2D eigenvalue weighted by Crippen LogP contribution is -2.48. The Morgan fingerprint density at radius 2 is 2.05 bits per heavy atom. The third-order valence-electron chi connectivity index (χ3n) is 3.25. The molecule has 8 heteroatoms. The normalized spacial score (nSPS) is 22.3. The molecule has 0 spiro atoms. The van der Waals surface area contributed by atoms with Gasteiger partial charge in [0.25, 0.3) is 0 Å². The molecule has 1 aliphatic heterocycles. The van der Waals surface area contributed by atoms with Gasteiger partial charge in [-0.15, -0.1) is 12.4 Å². The van der Waals surface area contributed by atoms with Gasteiger partial charge in [-0.3, -0.25) is 4.79 Å². The van der Waals surface area contributed by atoms with Crippen LogP contribution in [0.25, 0.3) is 0 Å². The number of halogens is 5. The van der Waals surface area contributed by atoms with Gasteiger partial charge in [-0.1, -0.05) is 12.1 Å². The van der Waals surface area contributed by atoms with Crippen molar-refractivity contribution in [2.45, 2.75) is 31.1 Å². The molecule has 1 aromatic rings. The molecule has 0 unspecified atom stereocenters. The number of hydrogen-bond donors (Lipinski definition) is 2. The van der Waals surface area contributed by atoms with Crippen LogP contribution in [0.2, 0.25) is 0 Å². The second-order valence-corrected chi connectivity index (χ2v) is 4.75. The quantitative estimate of drug-likeness (QED) is 0.821. The SMILES string of the molecule is Cl.O=C(N[C@@H]1CCN[C@H](c2cccc(F)c2)C1)C(F)(F)F. The standard InChI is InChI=1S/C13H14F4N2O.ClH/c14-9-3-1-2-8(6-9)11-7-10(4-5-18-11)19-12(20)13(15,16)17;/h1-3,6,10-11,18H,4-5,7H2,(H,19,20);1H/t10-,11+;/m1./s1. The van der Waals surface area contributed by atoms with E-state index >= 15 is 0 Å². The van der Waals surface area contributed by atoms with E-state index in [1.165, 1.54) is 12.1 Å². The highest BCUT2D eigenvalue weighted by molar-refractivity contribution is 5.85. The third kappa shape index (κ3) is 4.86. The fraction of sp³-hybridized carbons (Fsp3) is 0.462. The summed E-state index contributed by atoms with van der Waals surface area (Å²) in [6, 6.07) is 5.05. The second-order valence-electron chi connectivity index (χ2n) is 4.75.